The molecule has 2 saturated carbocycles. The van der Waals surface area contributed by atoms with E-state index in [1.54, 1.807) is 0 Å². The van der Waals surface area contributed by atoms with Gasteiger partial charge in [0.25, 0.3) is 0 Å². The molecule has 0 heterocycles. The van der Waals surface area contributed by atoms with Crippen LogP contribution in [-0.2, 0) is 4.79 Å². The number of ketones is 1. The molecule has 0 aromatic rings. The van der Waals surface area contributed by atoms with E-state index < -0.39 is 0 Å². The average molecular weight is 178 g/mol. The molecule has 0 aromatic carbocycles. The minimum atomic E-state index is -0.0583. The van der Waals surface area contributed by atoms with E-state index in [0.717, 1.165) is 12.8 Å². The summed E-state index contributed by atoms with van der Waals surface area (Å²) < 4.78 is 0. The van der Waals surface area contributed by atoms with Gasteiger partial charge in [-0.05, 0) is 31.1 Å². The maximum Gasteiger partial charge on any atom is 0.139 e. The first-order chi connectivity index (χ1) is 6.01. The number of hydrogen-bond donors (Lipinski definition) is 0. The van der Waals surface area contributed by atoms with E-state index in [1.807, 2.05) is 0 Å². The van der Waals surface area contributed by atoms with Crippen molar-refractivity contribution in [2.75, 3.05) is 0 Å². The second kappa shape index (κ2) is 2.70. The quantitative estimate of drug-likeness (QED) is 0.521. The molecule has 2 rings (SSSR count). The molecule has 0 radical (unpaired) electrons. The number of carbonyl (C=O) groups excluding carboxylic acids is 1. The van der Waals surface area contributed by atoms with Crippen molar-refractivity contribution in [3.8, 4) is 0 Å². The molecule has 0 spiro atoms. The van der Waals surface area contributed by atoms with E-state index >= 15 is 0 Å². The van der Waals surface area contributed by atoms with Crippen molar-refractivity contribution in [2.45, 2.75) is 39.5 Å². The Morgan fingerprint density at radius 2 is 2.15 bits per heavy atom. The van der Waals surface area contributed by atoms with Crippen molar-refractivity contribution in [1.29, 1.82) is 0 Å². The fourth-order valence-corrected chi connectivity index (χ4v) is 2.79. The Hall–Kier alpha value is -0.590. The maximum absolute atomic E-state index is 11.8. The molecule has 13 heavy (non-hydrogen) atoms. The summed E-state index contributed by atoms with van der Waals surface area (Å²) in [6.45, 7) is 8.30. The molecule has 72 valence electrons. The van der Waals surface area contributed by atoms with Gasteiger partial charge in [0.15, 0.2) is 0 Å². The summed E-state index contributed by atoms with van der Waals surface area (Å²) in [6.07, 6.45) is 4.28. The first-order valence-electron chi connectivity index (χ1n) is 5.23. The van der Waals surface area contributed by atoms with Crippen LogP contribution in [0.5, 0.6) is 0 Å². The van der Waals surface area contributed by atoms with Gasteiger partial charge in [0.05, 0.1) is 0 Å². The smallest absolute Gasteiger partial charge is 0.139 e. The van der Waals surface area contributed by atoms with Crippen LogP contribution < -0.4 is 0 Å². The number of allylic oxidation sites excluding steroid dienone is 1. The van der Waals surface area contributed by atoms with Gasteiger partial charge in [-0.15, -0.1) is 0 Å². The van der Waals surface area contributed by atoms with E-state index in [9.17, 15) is 4.79 Å². The zero-order chi connectivity index (χ0) is 9.64. The van der Waals surface area contributed by atoms with Crippen LogP contribution in [-0.4, -0.2) is 5.78 Å². The molecule has 0 aliphatic heterocycles. The van der Waals surface area contributed by atoms with Crippen LogP contribution in [0.2, 0.25) is 0 Å². The predicted octanol–water partition coefficient (Wildman–Crippen LogP) is 2.96. The number of rotatable bonds is 0. The minimum Gasteiger partial charge on any atom is -0.299 e. The summed E-state index contributed by atoms with van der Waals surface area (Å²) in [5.74, 6) is 1.58. The third-order valence-electron chi connectivity index (χ3n) is 4.13. The van der Waals surface area contributed by atoms with Gasteiger partial charge in [-0.25, -0.2) is 0 Å². The topological polar surface area (TPSA) is 17.1 Å². The molecule has 0 amide bonds. The highest BCUT2D eigenvalue weighted by Crippen LogP contribution is 2.49. The Balaban J connectivity index is 2.26. The average Bonchev–Trinajstić information content (AvgIpc) is 2.06. The van der Waals surface area contributed by atoms with Gasteiger partial charge < -0.3 is 0 Å². The van der Waals surface area contributed by atoms with Gasteiger partial charge in [0, 0.05) is 11.8 Å². The maximum atomic E-state index is 11.8. The molecule has 1 heteroatoms. The van der Waals surface area contributed by atoms with Crippen LogP contribution in [0.4, 0.5) is 0 Å². The fourth-order valence-electron chi connectivity index (χ4n) is 2.79. The van der Waals surface area contributed by atoms with Crippen LogP contribution in [0.1, 0.15) is 39.5 Å². The molecule has 2 bridgehead atoms. The lowest BCUT2D eigenvalue weighted by atomic mass is 9.58. The van der Waals surface area contributed by atoms with Crippen LogP contribution in [0.15, 0.2) is 12.2 Å². The van der Waals surface area contributed by atoms with Crippen molar-refractivity contribution in [1.82, 2.24) is 0 Å². The monoisotopic (exact) mass is 178 g/mol. The van der Waals surface area contributed by atoms with Crippen LogP contribution in [0.3, 0.4) is 0 Å². The predicted molar refractivity (Wildman–Crippen MR) is 53.4 cm³/mol. The summed E-state index contributed by atoms with van der Waals surface area (Å²) in [5, 5.41) is 0. The van der Waals surface area contributed by atoms with Crippen molar-refractivity contribution < 1.29 is 4.79 Å². The number of hydrogen-bond acceptors (Lipinski definition) is 1. The zero-order valence-corrected chi connectivity index (χ0v) is 8.60. The number of fused-ring (bicyclic) bond motifs is 2. The van der Waals surface area contributed by atoms with E-state index in [2.05, 4.69) is 20.4 Å². The molecule has 2 aliphatic carbocycles. The Kier molecular flexibility index (Phi) is 1.86. The van der Waals surface area contributed by atoms with Gasteiger partial charge in [0.2, 0.25) is 0 Å². The lowest BCUT2D eigenvalue weighted by Crippen LogP contribution is -2.42. The Morgan fingerprint density at radius 3 is 2.85 bits per heavy atom. The first kappa shape index (κ1) is 8.98. The lowest BCUT2D eigenvalue weighted by molar-refractivity contribution is -0.135. The Labute approximate surface area is 80.2 Å². The lowest BCUT2D eigenvalue weighted by Gasteiger charge is -2.45. The van der Waals surface area contributed by atoms with E-state index in [1.165, 1.54) is 18.4 Å². The summed E-state index contributed by atoms with van der Waals surface area (Å²) in [5.41, 5.74) is 1.26. The third-order valence-corrected chi connectivity index (χ3v) is 4.13. The molecular formula is C12H18O. The zero-order valence-electron chi connectivity index (χ0n) is 8.60. The van der Waals surface area contributed by atoms with Crippen molar-refractivity contribution >= 4 is 5.78 Å². The molecule has 2 fully saturated rings. The summed E-state index contributed by atoms with van der Waals surface area (Å²) in [4.78, 5) is 11.8. The third kappa shape index (κ3) is 1.25. The van der Waals surface area contributed by atoms with Crippen molar-refractivity contribution in [3.63, 3.8) is 0 Å². The molecule has 0 saturated heterocycles. The Bertz CT molecular complexity index is 262. The molecule has 2 aliphatic rings. The number of Topliss-reactive ketones (excluding diaryl/α,β-unsaturated/α-hetero) is 1. The highest BCUT2D eigenvalue weighted by molar-refractivity contribution is 5.86. The van der Waals surface area contributed by atoms with Gasteiger partial charge in [-0.2, -0.15) is 0 Å². The van der Waals surface area contributed by atoms with E-state index in [-0.39, 0.29) is 5.41 Å². The number of carbonyl (C=O) groups is 1. The summed E-state index contributed by atoms with van der Waals surface area (Å²) in [7, 11) is 0. The summed E-state index contributed by atoms with van der Waals surface area (Å²) in [6, 6.07) is 0. The SMILES string of the molecule is C=C1CCC2CC1CC(=O)C2(C)C. The van der Waals surface area contributed by atoms with Crippen LogP contribution in [0, 0.1) is 17.3 Å². The van der Waals surface area contributed by atoms with Gasteiger partial charge in [-0.3, -0.25) is 4.79 Å². The second-order valence-corrected chi connectivity index (χ2v) is 5.18. The second-order valence-electron chi connectivity index (χ2n) is 5.18. The van der Waals surface area contributed by atoms with Gasteiger partial charge in [0.1, 0.15) is 5.78 Å². The molecule has 1 nitrogen and oxygen atoms in total. The Morgan fingerprint density at radius 1 is 1.46 bits per heavy atom. The van der Waals surface area contributed by atoms with Crippen LogP contribution >= 0.6 is 0 Å². The molecule has 0 N–H and O–H groups in total. The molecule has 2 atom stereocenters. The van der Waals surface area contributed by atoms with Gasteiger partial charge >= 0.3 is 0 Å². The first-order valence-corrected chi connectivity index (χ1v) is 5.23. The van der Waals surface area contributed by atoms with E-state index in [0.29, 0.717) is 17.6 Å². The van der Waals surface area contributed by atoms with Gasteiger partial charge in [-0.1, -0.05) is 26.0 Å². The standard InChI is InChI=1S/C12H18O/c1-8-4-5-10-6-9(8)7-11(13)12(10,2)3/h9-10H,1,4-7H2,2-3H3. The summed E-state index contributed by atoms with van der Waals surface area (Å²) >= 11 is 0. The highest BCUT2D eigenvalue weighted by Gasteiger charge is 2.45. The van der Waals surface area contributed by atoms with E-state index in [4.69, 9.17) is 0 Å². The van der Waals surface area contributed by atoms with Crippen LogP contribution in [0.25, 0.3) is 0 Å². The molecular weight excluding hydrogens is 160 g/mol. The van der Waals surface area contributed by atoms with Crippen molar-refractivity contribution in [2.24, 2.45) is 17.3 Å². The fraction of sp³-hybridized carbons (Fsp3) is 0.750. The largest absolute Gasteiger partial charge is 0.299 e. The minimum absolute atomic E-state index is 0.0583. The molecule has 2 unspecified atom stereocenters. The molecule has 0 aromatic heterocycles. The van der Waals surface area contributed by atoms with Crippen molar-refractivity contribution in [3.05, 3.63) is 12.2 Å². The highest BCUT2D eigenvalue weighted by atomic mass is 16.1. The normalized spacial score (nSPS) is 37.7.